The van der Waals surface area contributed by atoms with E-state index in [-0.39, 0.29) is 6.10 Å². The summed E-state index contributed by atoms with van der Waals surface area (Å²) < 4.78 is 1.75. The first-order valence-electron chi connectivity index (χ1n) is 5.83. The van der Waals surface area contributed by atoms with E-state index < -0.39 is 0 Å². The van der Waals surface area contributed by atoms with Gasteiger partial charge in [-0.15, -0.1) is 0 Å². The molecule has 1 rings (SSSR count). The van der Waals surface area contributed by atoms with Crippen LogP contribution in [-0.2, 0) is 6.54 Å². The van der Waals surface area contributed by atoms with Crippen LogP contribution >= 0.6 is 0 Å². The molecule has 1 aromatic rings. The van der Waals surface area contributed by atoms with Crippen molar-refractivity contribution >= 4 is 0 Å². The van der Waals surface area contributed by atoms with Crippen LogP contribution in [0.25, 0.3) is 0 Å². The summed E-state index contributed by atoms with van der Waals surface area (Å²) in [6, 6.07) is 1.86. The maximum Gasteiger partial charge on any atom is 0.0860 e. The second kappa shape index (κ2) is 6.01. The maximum atomic E-state index is 9.73. The molecule has 0 aliphatic heterocycles. The monoisotopic (exact) mass is 225 g/mol. The molecule has 0 spiro atoms. The molecule has 1 unspecified atom stereocenters. The van der Waals surface area contributed by atoms with Gasteiger partial charge in [-0.1, -0.05) is 20.8 Å². The number of aliphatic hydroxyl groups is 1. The fourth-order valence-corrected chi connectivity index (χ4v) is 1.42. The molecule has 1 aromatic heterocycles. The van der Waals surface area contributed by atoms with E-state index >= 15 is 0 Å². The van der Waals surface area contributed by atoms with Gasteiger partial charge in [0, 0.05) is 18.9 Å². The SMILES string of the molecule is CC(C)(C)CCNCC(O)Cn1cccn1. The third-order valence-electron chi connectivity index (χ3n) is 2.39. The molecule has 0 radical (unpaired) electrons. The third kappa shape index (κ3) is 5.88. The molecule has 16 heavy (non-hydrogen) atoms. The Hall–Kier alpha value is -0.870. The zero-order valence-electron chi connectivity index (χ0n) is 10.5. The molecule has 92 valence electrons. The van der Waals surface area contributed by atoms with E-state index in [2.05, 4.69) is 31.2 Å². The van der Waals surface area contributed by atoms with Crippen LogP contribution in [0.5, 0.6) is 0 Å². The number of aromatic nitrogens is 2. The van der Waals surface area contributed by atoms with Gasteiger partial charge >= 0.3 is 0 Å². The van der Waals surface area contributed by atoms with Gasteiger partial charge in [0.25, 0.3) is 0 Å². The lowest BCUT2D eigenvalue weighted by Gasteiger charge is -2.19. The van der Waals surface area contributed by atoms with Gasteiger partial charge in [0.1, 0.15) is 0 Å². The highest BCUT2D eigenvalue weighted by atomic mass is 16.3. The number of nitrogens with zero attached hydrogens (tertiary/aromatic N) is 2. The van der Waals surface area contributed by atoms with Crippen molar-refractivity contribution in [2.75, 3.05) is 13.1 Å². The van der Waals surface area contributed by atoms with Gasteiger partial charge in [0.2, 0.25) is 0 Å². The summed E-state index contributed by atoms with van der Waals surface area (Å²) in [7, 11) is 0. The Morgan fingerprint density at radius 1 is 1.44 bits per heavy atom. The highest BCUT2D eigenvalue weighted by Gasteiger charge is 2.10. The molecule has 0 aliphatic rings. The smallest absolute Gasteiger partial charge is 0.0860 e. The molecule has 4 nitrogen and oxygen atoms in total. The topological polar surface area (TPSA) is 50.1 Å². The van der Waals surface area contributed by atoms with Crippen LogP contribution in [0.4, 0.5) is 0 Å². The average molecular weight is 225 g/mol. The standard InChI is InChI=1S/C12H23N3O/c1-12(2,3)5-7-13-9-11(16)10-15-8-4-6-14-15/h4,6,8,11,13,16H,5,7,9-10H2,1-3H3. The van der Waals surface area contributed by atoms with Gasteiger partial charge in [-0.2, -0.15) is 5.10 Å². The van der Waals surface area contributed by atoms with Crippen LogP contribution in [0.15, 0.2) is 18.5 Å². The predicted molar refractivity (Wildman–Crippen MR) is 65.2 cm³/mol. The van der Waals surface area contributed by atoms with Gasteiger partial charge in [-0.25, -0.2) is 0 Å². The first-order valence-corrected chi connectivity index (χ1v) is 5.83. The lowest BCUT2D eigenvalue weighted by atomic mass is 9.92. The van der Waals surface area contributed by atoms with Crippen molar-refractivity contribution in [3.63, 3.8) is 0 Å². The minimum absolute atomic E-state index is 0.347. The van der Waals surface area contributed by atoms with Crippen LogP contribution in [0.3, 0.4) is 0 Å². The van der Waals surface area contributed by atoms with Gasteiger partial charge < -0.3 is 10.4 Å². The molecule has 0 amide bonds. The molecule has 0 saturated heterocycles. The summed E-state index contributed by atoms with van der Waals surface area (Å²) in [6.07, 6.45) is 4.32. The van der Waals surface area contributed by atoms with Crippen molar-refractivity contribution in [3.8, 4) is 0 Å². The second-order valence-electron chi connectivity index (χ2n) is 5.40. The van der Waals surface area contributed by atoms with Crippen molar-refractivity contribution in [1.82, 2.24) is 15.1 Å². The number of hydrogen-bond donors (Lipinski definition) is 2. The molecule has 0 aliphatic carbocycles. The van der Waals surface area contributed by atoms with Crippen molar-refractivity contribution in [3.05, 3.63) is 18.5 Å². The minimum atomic E-state index is -0.375. The lowest BCUT2D eigenvalue weighted by molar-refractivity contribution is 0.145. The molecule has 1 atom stereocenters. The molecular weight excluding hydrogens is 202 g/mol. The average Bonchev–Trinajstić information content (AvgIpc) is 2.63. The first kappa shape index (κ1) is 13.2. The highest BCUT2D eigenvalue weighted by Crippen LogP contribution is 2.16. The number of hydrogen-bond acceptors (Lipinski definition) is 3. The number of aliphatic hydroxyl groups excluding tert-OH is 1. The largest absolute Gasteiger partial charge is 0.390 e. The van der Waals surface area contributed by atoms with Crippen molar-refractivity contribution in [2.24, 2.45) is 5.41 Å². The van der Waals surface area contributed by atoms with Crippen molar-refractivity contribution < 1.29 is 5.11 Å². The van der Waals surface area contributed by atoms with Crippen molar-refractivity contribution in [1.29, 1.82) is 0 Å². The van der Waals surface area contributed by atoms with Gasteiger partial charge in [0.15, 0.2) is 0 Å². The molecule has 0 aromatic carbocycles. The Labute approximate surface area is 97.7 Å². The van der Waals surface area contributed by atoms with E-state index in [1.165, 1.54) is 0 Å². The van der Waals surface area contributed by atoms with E-state index in [0.29, 0.717) is 18.5 Å². The summed E-state index contributed by atoms with van der Waals surface area (Å²) >= 11 is 0. The summed E-state index contributed by atoms with van der Waals surface area (Å²) in [5.41, 5.74) is 0.347. The molecular formula is C12H23N3O. The molecule has 2 N–H and O–H groups in total. The molecule has 4 heteroatoms. The quantitative estimate of drug-likeness (QED) is 0.717. The zero-order valence-corrected chi connectivity index (χ0v) is 10.5. The molecule has 0 saturated carbocycles. The predicted octanol–water partition coefficient (Wildman–Crippen LogP) is 1.27. The van der Waals surface area contributed by atoms with Crippen molar-refractivity contribution in [2.45, 2.75) is 39.8 Å². The van der Waals surface area contributed by atoms with E-state index in [0.717, 1.165) is 13.0 Å². The molecule has 1 heterocycles. The summed E-state index contributed by atoms with van der Waals surface area (Å²) in [5, 5.41) is 17.0. The van der Waals surface area contributed by atoms with E-state index in [4.69, 9.17) is 0 Å². The van der Waals surface area contributed by atoms with Gasteiger partial charge in [0.05, 0.1) is 12.6 Å². The van der Waals surface area contributed by atoms with E-state index in [9.17, 15) is 5.11 Å². The van der Waals surface area contributed by atoms with Crippen LogP contribution in [0.1, 0.15) is 27.2 Å². The minimum Gasteiger partial charge on any atom is -0.390 e. The van der Waals surface area contributed by atoms with E-state index in [1.807, 2.05) is 12.3 Å². The van der Waals surface area contributed by atoms with Gasteiger partial charge in [-0.3, -0.25) is 4.68 Å². The van der Waals surface area contributed by atoms with Crippen LogP contribution in [0.2, 0.25) is 0 Å². The zero-order chi connectivity index (χ0) is 12.0. The highest BCUT2D eigenvalue weighted by molar-refractivity contribution is 4.78. The fraction of sp³-hybridized carbons (Fsp3) is 0.750. The maximum absolute atomic E-state index is 9.73. The molecule has 0 fully saturated rings. The Balaban J connectivity index is 2.09. The Morgan fingerprint density at radius 2 is 2.19 bits per heavy atom. The van der Waals surface area contributed by atoms with E-state index in [1.54, 1.807) is 10.9 Å². The normalized spacial score (nSPS) is 14.0. The van der Waals surface area contributed by atoms with Crippen LogP contribution in [-0.4, -0.2) is 34.1 Å². The van der Waals surface area contributed by atoms with Crippen LogP contribution in [0, 0.1) is 5.41 Å². The Bertz CT molecular complexity index is 277. The number of nitrogens with one attached hydrogen (secondary N) is 1. The summed E-state index contributed by atoms with van der Waals surface area (Å²) in [6.45, 7) is 8.77. The van der Waals surface area contributed by atoms with Crippen LogP contribution < -0.4 is 5.32 Å². The summed E-state index contributed by atoms with van der Waals surface area (Å²) in [4.78, 5) is 0. The number of rotatable bonds is 6. The fourth-order valence-electron chi connectivity index (χ4n) is 1.42. The third-order valence-corrected chi connectivity index (χ3v) is 2.39. The molecule has 0 bridgehead atoms. The van der Waals surface area contributed by atoms with Gasteiger partial charge in [-0.05, 0) is 24.4 Å². The Morgan fingerprint density at radius 3 is 2.75 bits per heavy atom. The lowest BCUT2D eigenvalue weighted by Crippen LogP contribution is -2.32. The summed E-state index contributed by atoms with van der Waals surface area (Å²) in [5.74, 6) is 0. The first-order chi connectivity index (χ1) is 7.47. The second-order valence-corrected chi connectivity index (χ2v) is 5.40. The Kier molecular flexibility index (Phi) is 4.96.